The van der Waals surface area contributed by atoms with Gasteiger partial charge in [0.15, 0.2) is 0 Å². The van der Waals surface area contributed by atoms with E-state index in [0.29, 0.717) is 6.10 Å². The third-order valence-electron chi connectivity index (χ3n) is 4.34. The number of likely N-dealkylation sites (N-methyl/N-ethyl adjacent to an activating group) is 1. The zero-order chi connectivity index (χ0) is 13.5. The summed E-state index contributed by atoms with van der Waals surface area (Å²) in [4.78, 5) is 5.05. The standard InChI is InChI=1S/C15H31N3O/c1-3-7-16-11-14-6-4-5-8-18(14)13-15-12-17(2)9-10-19-15/h14-16H,3-13H2,1-2H3. The van der Waals surface area contributed by atoms with Gasteiger partial charge >= 0.3 is 0 Å². The SMILES string of the molecule is CCCNCC1CCCCN1CC1CN(C)CCO1. The van der Waals surface area contributed by atoms with Crippen molar-refractivity contribution in [3.63, 3.8) is 0 Å². The summed E-state index contributed by atoms with van der Waals surface area (Å²) < 4.78 is 5.92. The predicted molar refractivity (Wildman–Crippen MR) is 79.6 cm³/mol. The Morgan fingerprint density at radius 2 is 2.16 bits per heavy atom. The van der Waals surface area contributed by atoms with E-state index < -0.39 is 0 Å². The number of morpholine rings is 1. The van der Waals surface area contributed by atoms with Gasteiger partial charge in [0.1, 0.15) is 0 Å². The Hall–Kier alpha value is -0.160. The van der Waals surface area contributed by atoms with Crippen LogP contribution in [0.15, 0.2) is 0 Å². The van der Waals surface area contributed by atoms with Crippen LogP contribution in [-0.2, 0) is 4.74 Å². The molecule has 2 saturated heterocycles. The van der Waals surface area contributed by atoms with Crippen LogP contribution in [0.1, 0.15) is 32.6 Å². The molecule has 0 aliphatic carbocycles. The van der Waals surface area contributed by atoms with E-state index in [0.717, 1.165) is 45.4 Å². The van der Waals surface area contributed by atoms with E-state index >= 15 is 0 Å². The lowest BCUT2D eigenvalue weighted by atomic mass is 10.0. The molecule has 0 aromatic rings. The van der Waals surface area contributed by atoms with Crippen molar-refractivity contribution in [1.29, 1.82) is 0 Å². The third kappa shape index (κ3) is 5.03. The zero-order valence-corrected chi connectivity index (χ0v) is 12.7. The first kappa shape index (κ1) is 15.2. The predicted octanol–water partition coefficient (Wildman–Crippen LogP) is 1.17. The van der Waals surface area contributed by atoms with Crippen molar-refractivity contribution in [1.82, 2.24) is 15.1 Å². The van der Waals surface area contributed by atoms with Gasteiger partial charge in [0.25, 0.3) is 0 Å². The maximum Gasteiger partial charge on any atom is 0.0829 e. The Morgan fingerprint density at radius 3 is 2.95 bits per heavy atom. The maximum absolute atomic E-state index is 5.92. The lowest BCUT2D eigenvalue weighted by molar-refractivity contribution is -0.0450. The molecule has 2 aliphatic rings. The van der Waals surface area contributed by atoms with Gasteiger partial charge in [-0.3, -0.25) is 4.90 Å². The monoisotopic (exact) mass is 269 g/mol. The summed E-state index contributed by atoms with van der Waals surface area (Å²) in [6, 6.07) is 0.719. The second-order valence-corrected chi connectivity index (χ2v) is 6.10. The van der Waals surface area contributed by atoms with Crippen LogP contribution >= 0.6 is 0 Å². The summed E-state index contributed by atoms with van der Waals surface area (Å²) in [5.41, 5.74) is 0. The quantitative estimate of drug-likeness (QED) is 0.733. The van der Waals surface area contributed by atoms with Gasteiger partial charge in [-0.15, -0.1) is 0 Å². The minimum absolute atomic E-state index is 0.408. The highest BCUT2D eigenvalue weighted by Gasteiger charge is 2.26. The number of hydrogen-bond acceptors (Lipinski definition) is 4. The molecule has 4 heteroatoms. The van der Waals surface area contributed by atoms with Crippen molar-refractivity contribution in [3.8, 4) is 0 Å². The minimum Gasteiger partial charge on any atom is -0.374 e. The molecule has 0 amide bonds. The fourth-order valence-electron chi connectivity index (χ4n) is 3.22. The molecule has 2 fully saturated rings. The number of rotatable bonds is 6. The number of nitrogens with zero attached hydrogens (tertiary/aromatic N) is 2. The van der Waals surface area contributed by atoms with Gasteiger partial charge in [-0.05, 0) is 39.4 Å². The molecule has 2 unspecified atom stereocenters. The lowest BCUT2D eigenvalue weighted by Crippen LogP contribution is -2.52. The number of likely N-dealkylation sites (tertiary alicyclic amines) is 1. The first-order chi connectivity index (χ1) is 9.29. The highest BCUT2D eigenvalue weighted by Crippen LogP contribution is 2.18. The normalized spacial score (nSPS) is 30.6. The Bertz CT molecular complexity index is 250. The summed E-state index contributed by atoms with van der Waals surface area (Å²) in [6.07, 6.45) is 5.72. The summed E-state index contributed by atoms with van der Waals surface area (Å²) in [5.74, 6) is 0. The van der Waals surface area contributed by atoms with Crippen LogP contribution in [0.25, 0.3) is 0 Å². The summed E-state index contributed by atoms with van der Waals surface area (Å²) in [6.45, 7) is 9.96. The van der Waals surface area contributed by atoms with Crippen LogP contribution in [0, 0.1) is 0 Å². The van der Waals surface area contributed by atoms with Crippen LogP contribution < -0.4 is 5.32 Å². The van der Waals surface area contributed by atoms with Crippen molar-refractivity contribution in [2.45, 2.75) is 44.8 Å². The number of hydrogen-bond donors (Lipinski definition) is 1. The van der Waals surface area contributed by atoms with Crippen molar-refractivity contribution < 1.29 is 4.74 Å². The molecule has 0 saturated carbocycles. The number of ether oxygens (including phenoxy) is 1. The topological polar surface area (TPSA) is 27.7 Å². The highest BCUT2D eigenvalue weighted by atomic mass is 16.5. The molecule has 0 bridgehead atoms. The second-order valence-electron chi connectivity index (χ2n) is 6.10. The zero-order valence-electron chi connectivity index (χ0n) is 12.7. The lowest BCUT2D eigenvalue weighted by Gasteiger charge is -2.40. The first-order valence-corrected chi connectivity index (χ1v) is 8.04. The van der Waals surface area contributed by atoms with E-state index in [9.17, 15) is 0 Å². The molecule has 1 N–H and O–H groups in total. The average molecular weight is 269 g/mol. The molecule has 2 heterocycles. The van der Waals surface area contributed by atoms with Gasteiger partial charge in [-0.2, -0.15) is 0 Å². The first-order valence-electron chi connectivity index (χ1n) is 8.04. The van der Waals surface area contributed by atoms with Gasteiger partial charge in [-0.25, -0.2) is 0 Å². The summed E-state index contributed by atoms with van der Waals surface area (Å²) in [5, 5.41) is 3.59. The molecule has 4 nitrogen and oxygen atoms in total. The highest BCUT2D eigenvalue weighted by molar-refractivity contribution is 4.82. The van der Waals surface area contributed by atoms with E-state index in [1.54, 1.807) is 0 Å². The van der Waals surface area contributed by atoms with E-state index in [2.05, 4.69) is 29.1 Å². The molecule has 0 aromatic carbocycles. The van der Waals surface area contributed by atoms with Crippen molar-refractivity contribution in [2.75, 3.05) is 52.9 Å². The van der Waals surface area contributed by atoms with Crippen molar-refractivity contribution in [2.24, 2.45) is 0 Å². The van der Waals surface area contributed by atoms with Crippen LogP contribution in [0.3, 0.4) is 0 Å². The third-order valence-corrected chi connectivity index (χ3v) is 4.34. The fourth-order valence-corrected chi connectivity index (χ4v) is 3.22. The van der Waals surface area contributed by atoms with Crippen molar-refractivity contribution >= 4 is 0 Å². The Kier molecular flexibility index (Phi) is 6.57. The number of nitrogens with one attached hydrogen (secondary N) is 1. The van der Waals surface area contributed by atoms with Crippen molar-refractivity contribution in [3.05, 3.63) is 0 Å². The molecular weight excluding hydrogens is 238 g/mol. The molecule has 2 rings (SSSR count). The molecule has 0 radical (unpaired) electrons. The average Bonchev–Trinajstić information content (AvgIpc) is 2.41. The smallest absolute Gasteiger partial charge is 0.0829 e. The molecule has 2 aliphatic heterocycles. The van der Waals surface area contributed by atoms with Gasteiger partial charge in [0, 0.05) is 32.2 Å². The van der Waals surface area contributed by atoms with E-state index in [1.165, 1.54) is 32.2 Å². The molecule has 0 spiro atoms. The van der Waals surface area contributed by atoms with Crippen LogP contribution in [0.4, 0.5) is 0 Å². The van der Waals surface area contributed by atoms with Crippen LogP contribution in [0.2, 0.25) is 0 Å². The van der Waals surface area contributed by atoms with Gasteiger partial charge in [0.2, 0.25) is 0 Å². The largest absolute Gasteiger partial charge is 0.374 e. The Morgan fingerprint density at radius 1 is 1.26 bits per heavy atom. The van der Waals surface area contributed by atoms with E-state index in [-0.39, 0.29) is 0 Å². The molecule has 19 heavy (non-hydrogen) atoms. The van der Waals surface area contributed by atoms with Gasteiger partial charge < -0.3 is 15.0 Å². The molecular formula is C15H31N3O. The summed E-state index contributed by atoms with van der Waals surface area (Å²) in [7, 11) is 2.20. The van der Waals surface area contributed by atoms with E-state index in [4.69, 9.17) is 4.74 Å². The minimum atomic E-state index is 0.408. The van der Waals surface area contributed by atoms with Crippen LogP contribution in [-0.4, -0.2) is 74.9 Å². The second kappa shape index (κ2) is 8.20. The molecule has 0 aromatic heterocycles. The fraction of sp³-hybridized carbons (Fsp3) is 1.00. The molecule has 2 atom stereocenters. The Balaban J connectivity index is 1.77. The maximum atomic E-state index is 5.92. The van der Waals surface area contributed by atoms with Gasteiger partial charge in [0.05, 0.1) is 12.7 Å². The Labute approximate surface area is 118 Å². The molecule has 112 valence electrons. The number of piperidine rings is 1. The van der Waals surface area contributed by atoms with Gasteiger partial charge in [-0.1, -0.05) is 13.3 Å². The van der Waals surface area contributed by atoms with Crippen LogP contribution in [0.5, 0.6) is 0 Å². The summed E-state index contributed by atoms with van der Waals surface area (Å²) >= 11 is 0. The van der Waals surface area contributed by atoms with E-state index in [1.807, 2.05) is 0 Å².